The van der Waals surface area contributed by atoms with Crippen LogP contribution in [0.15, 0.2) is 24.3 Å². The lowest BCUT2D eigenvalue weighted by molar-refractivity contribution is 0.189. The summed E-state index contributed by atoms with van der Waals surface area (Å²) in [7, 11) is 0. The van der Waals surface area contributed by atoms with Crippen molar-refractivity contribution in [3.05, 3.63) is 34.9 Å². The van der Waals surface area contributed by atoms with Crippen LogP contribution in [0.1, 0.15) is 31.2 Å². The molecular weight excluding hydrogens is 232 g/mol. The van der Waals surface area contributed by atoms with Gasteiger partial charge in [-0.05, 0) is 43.0 Å². The first-order valence-electron chi connectivity index (χ1n) is 6.42. The van der Waals surface area contributed by atoms with Gasteiger partial charge in [0.25, 0.3) is 0 Å². The Kier molecular flexibility index (Phi) is 4.43. The van der Waals surface area contributed by atoms with Gasteiger partial charge >= 0.3 is 0 Å². The van der Waals surface area contributed by atoms with Crippen LogP contribution < -0.4 is 5.73 Å². The van der Waals surface area contributed by atoms with E-state index in [0.717, 1.165) is 31.1 Å². The van der Waals surface area contributed by atoms with Crippen LogP contribution in [0, 0.1) is 0 Å². The van der Waals surface area contributed by atoms with Gasteiger partial charge in [0.15, 0.2) is 0 Å². The highest BCUT2D eigenvalue weighted by atomic mass is 35.5. The van der Waals surface area contributed by atoms with Crippen molar-refractivity contribution < 1.29 is 0 Å². The Morgan fingerprint density at radius 3 is 2.94 bits per heavy atom. The molecule has 0 amide bonds. The molecule has 17 heavy (non-hydrogen) atoms. The Morgan fingerprint density at radius 1 is 1.41 bits per heavy atom. The van der Waals surface area contributed by atoms with Crippen LogP contribution in [0.25, 0.3) is 0 Å². The topological polar surface area (TPSA) is 29.3 Å². The maximum atomic E-state index is 6.15. The number of nitrogens with zero attached hydrogens (tertiary/aromatic N) is 1. The van der Waals surface area contributed by atoms with E-state index in [0.29, 0.717) is 12.0 Å². The monoisotopic (exact) mass is 252 g/mol. The summed E-state index contributed by atoms with van der Waals surface area (Å²) in [5, 5.41) is 0.823. The number of piperidine rings is 1. The molecular formula is C14H21ClN2. The van der Waals surface area contributed by atoms with Crippen LogP contribution in [-0.4, -0.2) is 30.6 Å². The summed E-state index contributed by atoms with van der Waals surface area (Å²) < 4.78 is 0. The molecule has 1 fully saturated rings. The highest BCUT2D eigenvalue weighted by Gasteiger charge is 2.25. The number of benzene rings is 1. The summed E-state index contributed by atoms with van der Waals surface area (Å²) in [4.78, 5) is 2.47. The summed E-state index contributed by atoms with van der Waals surface area (Å²) in [6, 6.07) is 8.49. The fraction of sp³-hybridized carbons (Fsp3) is 0.571. The fourth-order valence-corrected chi connectivity index (χ4v) is 2.93. The van der Waals surface area contributed by atoms with Gasteiger partial charge in [-0.15, -0.1) is 0 Å². The summed E-state index contributed by atoms with van der Waals surface area (Å²) >= 11 is 6.05. The molecule has 1 aliphatic heterocycles. The van der Waals surface area contributed by atoms with E-state index in [4.69, 9.17) is 17.3 Å². The second kappa shape index (κ2) is 5.85. The number of halogens is 1. The molecule has 0 spiro atoms. The Morgan fingerprint density at radius 2 is 2.24 bits per heavy atom. The highest BCUT2D eigenvalue weighted by Crippen LogP contribution is 2.28. The predicted octanol–water partition coefficient (Wildman–Crippen LogP) is 2.87. The summed E-state index contributed by atoms with van der Waals surface area (Å²) in [5.41, 5.74) is 7.47. The third-order valence-corrected chi connectivity index (χ3v) is 3.65. The van der Waals surface area contributed by atoms with Crippen LogP contribution >= 0.6 is 11.6 Å². The van der Waals surface area contributed by atoms with Crippen LogP contribution in [0.3, 0.4) is 0 Å². The lowest BCUT2D eigenvalue weighted by Gasteiger charge is -2.36. The van der Waals surface area contributed by atoms with E-state index < -0.39 is 0 Å². The van der Waals surface area contributed by atoms with Gasteiger partial charge in [0.05, 0.1) is 0 Å². The van der Waals surface area contributed by atoms with Gasteiger partial charge in [-0.25, -0.2) is 0 Å². The number of likely N-dealkylation sites (tertiary alicyclic amines) is 1. The zero-order chi connectivity index (χ0) is 12.3. The first-order valence-corrected chi connectivity index (χ1v) is 6.80. The predicted molar refractivity (Wildman–Crippen MR) is 73.5 cm³/mol. The second-order valence-electron chi connectivity index (χ2n) is 5.01. The van der Waals surface area contributed by atoms with E-state index in [1.165, 1.54) is 12.0 Å². The van der Waals surface area contributed by atoms with Gasteiger partial charge < -0.3 is 10.6 Å². The van der Waals surface area contributed by atoms with Gasteiger partial charge in [-0.1, -0.05) is 30.7 Å². The summed E-state index contributed by atoms with van der Waals surface area (Å²) in [5.74, 6) is 0.531. The van der Waals surface area contributed by atoms with Gasteiger partial charge in [-0.3, -0.25) is 0 Å². The van der Waals surface area contributed by atoms with E-state index in [9.17, 15) is 0 Å². The molecule has 2 N–H and O–H groups in total. The number of rotatable bonds is 3. The molecule has 0 bridgehead atoms. The smallest absolute Gasteiger partial charge is 0.0408 e. The molecule has 1 aliphatic rings. The number of hydrogen-bond acceptors (Lipinski definition) is 2. The zero-order valence-electron chi connectivity index (χ0n) is 10.4. The van der Waals surface area contributed by atoms with E-state index >= 15 is 0 Å². The molecule has 0 saturated carbocycles. The number of nitrogens with two attached hydrogens (primary N) is 1. The van der Waals surface area contributed by atoms with Crippen molar-refractivity contribution in [2.45, 2.75) is 31.7 Å². The Labute approximate surface area is 109 Å². The molecule has 2 atom stereocenters. The Balaban J connectivity index is 2.09. The van der Waals surface area contributed by atoms with E-state index in [1.807, 2.05) is 12.1 Å². The van der Waals surface area contributed by atoms with Gasteiger partial charge in [0.1, 0.15) is 0 Å². The highest BCUT2D eigenvalue weighted by molar-refractivity contribution is 6.30. The maximum absolute atomic E-state index is 6.15. The average Bonchev–Trinajstić information content (AvgIpc) is 2.28. The van der Waals surface area contributed by atoms with E-state index in [-0.39, 0.29) is 0 Å². The second-order valence-corrected chi connectivity index (χ2v) is 5.44. The minimum absolute atomic E-state index is 0.291. The molecule has 3 heteroatoms. The maximum Gasteiger partial charge on any atom is 0.0408 e. The van der Waals surface area contributed by atoms with Crippen molar-refractivity contribution in [3.63, 3.8) is 0 Å². The van der Waals surface area contributed by atoms with Crippen molar-refractivity contribution in [1.29, 1.82) is 0 Å². The van der Waals surface area contributed by atoms with Crippen LogP contribution in [0.2, 0.25) is 5.02 Å². The number of hydrogen-bond donors (Lipinski definition) is 1. The van der Waals surface area contributed by atoms with Crippen LogP contribution in [0.4, 0.5) is 0 Å². The molecule has 1 aromatic carbocycles. The van der Waals surface area contributed by atoms with Crippen molar-refractivity contribution in [3.8, 4) is 0 Å². The van der Waals surface area contributed by atoms with Gasteiger partial charge in [0, 0.05) is 24.2 Å². The average molecular weight is 253 g/mol. The molecule has 2 nitrogen and oxygen atoms in total. The summed E-state index contributed by atoms with van der Waals surface area (Å²) in [6.07, 6.45) is 2.26. The Hall–Kier alpha value is -0.570. The molecule has 0 radical (unpaired) electrons. The van der Waals surface area contributed by atoms with Crippen molar-refractivity contribution in [2.24, 2.45) is 5.73 Å². The van der Waals surface area contributed by atoms with Crippen molar-refractivity contribution in [2.75, 3.05) is 19.6 Å². The molecule has 1 heterocycles. The minimum Gasteiger partial charge on any atom is -0.327 e. The van der Waals surface area contributed by atoms with E-state index in [1.54, 1.807) is 0 Å². The van der Waals surface area contributed by atoms with Gasteiger partial charge in [-0.2, -0.15) is 0 Å². The molecule has 1 aromatic rings. The standard InChI is InChI=1S/C14H21ClN2/c1-2-6-17-9-12(8-14(16)10-17)11-4-3-5-13(15)7-11/h3-5,7,12,14H,2,6,8-10,16H2,1H3. The van der Waals surface area contributed by atoms with Crippen molar-refractivity contribution in [1.82, 2.24) is 4.90 Å². The lowest BCUT2D eigenvalue weighted by Crippen LogP contribution is -2.46. The molecule has 2 rings (SSSR count). The quantitative estimate of drug-likeness (QED) is 0.897. The summed E-state index contributed by atoms with van der Waals surface area (Å²) in [6.45, 7) is 5.51. The SMILES string of the molecule is CCCN1CC(N)CC(c2cccc(Cl)c2)C1. The largest absolute Gasteiger partial charge is 0.327 e. The fourth-order valence-electron chi connectivity index (χ4n) is 2.73. The lowest BCUT2D eigenvalue weighted by atomic mass is 9.88. The van der Waals surface area contributed by atoms with Crippen LogP contribution in [-0.2, 0) is 0 Å². The van der Waals surface area contributed by atoms with Crippen molar-refractivity contribution >= 4 is 11.6 Å². The molecule has 94 valence electrons. The van der Waals surface area contributed by atoms with E-state index in [2.05, 4.69) is 24.0 Å². The minimum atomic E-state index is 0.291. The molecule has 2 unspecified atom stereocenters. The first-order chi connectivity index (χ1) is 8.19. The van der Waals surface area contributed by atoms with Crippen LogP contribution in [0.5, 0.6) is 0 Å². The first kappa shape index (κ1) is 12.9. The Bertz CT molecular complexity index is 367. The zero-order valence-corrected chi connectivity index (χ0v) is 11.2. The molecule has 0 aliphatic carbocycles. The normalized spacial score (nSPS) is 26.1. The third kappa shape index (κ3) is 3.44. The molecule has 1 saturated heterocycles. The molecule has 0 aromatic heterocycles. The van der Waals surface area contributed by atoms with Gasteiger partial charge in [0.2, 0.25) is 0 Å². The third-order valence-electron chi connectivity index (χ3n) is 3.42.